The van der Waals surface area contributed by atoms with Gasteiger partial charge in [-0.3, -0.25) is 0 Å². The van der Waals surface area contributed by atoms with E-state index in [2.05, 4.69) is 10.1 Å². The van der Waals surface area contributed by atoms with E-state index >= 15 is 0 Å². The van der Waals surface area contributed by atoms with Crippen LogP contribution in [-0.2, 0) is 16.9 Å². The molecular weight excluding hydrogens is 313 g/mol. The summed E-state index contributed by atoms with van der Waals surface area (Å²) in [5, 5.41) is 14.7. The molecule has 1 N–H and O–H groups in total. The van der Waals surface area contributed by atoms with Gasteiger partial charge in [0.2, 0.25) is 0 Å². The molecule has 5 nitrogen and oxygen atoms in total. The largest absolute Gasteiger partial charge is 0.396 e. The Hall–Kier alpha value is -1.14. The second-order valence-corrected chi connectivity index (χ2v) is 6.12. The fraction of sp³-hybridized carbons (Fsp3) is 0.429. The minimum atomic E-state index is -0.622. The van der Waals surface area contributed by atoms with Gasteiger partial charge in [0.1, 0.15) is 18.3 Å². The van der Waals surface area contributed by atoms with Crippen LogP contribution in [-0.4, -0.2) is 33.1 Å². The van der Waals surface area contributed by atoms with E-state index in [1.54, 1.807) is 23.1 Å². The Kier molecular flexibility index (Phi) is 4.17. The smallest absolute Gasteiger partial charge is 0.137 e. The van der Waals surface area contributed by atoms with Crippen LogP contribution < -0.4 is 0 Å². The summed E-state index contributed by atoms with van der Waals surface area (Å²) in [5.41, 5.74) is 0.239. The Bertz CT molecular complexity index is 621. The van der Waals surface area contributed by atoms with Crippen molar-refractivity contribution < 1.29 is 9.84 Å². The zero-order valence-corrected chi connectivity index (χ0v) is 12.8. The van der Waals surface area contributed by atoms with Gasteiger partial charge >= 0.3 is 0 Å². The fourth-order valence-corrected chi connectivity index (χ4v) is 3.38. The van der Waals surface area contributed by atoms with Gasteiger partial charge in [-0.1, -0.05) is 29.3 Å². The van der Waals surface area contributed by atoms with Gasteiger partial charge in [0.05, 0.1) is 13.2 Å². The molecule has 2 aromatic rings. The highest BCUT2D eigenvalue weighted by molar-refractivity contribution is 6.35. The molecule has 1 unspecified atom stereocenters. The van der Waals surface area contributed by atoms with E-state index in [0.717, 1.165) is 5.56 Å². The molecule has 21 heavy (non-hydrogen) atoms. The molecular formula is C14H15Cl2N3O2. The van der Waals surface area contributed by atoms with E-state index < -0.39 is 5.60 Å². The van der Waals surface area contributed by atoms with Crippen LogP contribution >= 0.6 is 23.2 Å². The lowest BCUT2D eigenvalue weighted by atomic mass is 9.87. The first-order valence-electron chi connectivity index (χ1n) is 6.66. The van der Waals surface area contributed by atoms with E-state index in [9.17, 15) is 5.11 Å². The second kappa shape index (κ2) is 5.93. The van der Waals surface area contributed by atoms with Gasteiger partial charge in [0.25, 0.3) is 0 Å². The number of ether oxygens (including phenoxy) is 1. The van der Waals surface area contributed by atoms with Crippen LogP contribution in [0.5, 0.6) is 0 Å². The molecule has 0 aliphatic carbocycles. The van der Waals surface area contributed by atoms with Crippen molar-refractivity contribution >= 4 is 23.2 Å². The molecule has 1 aliphatic heterocycles. The molecule has 112 valence electrons. The molecule has 1 fully saturated rings. The third-order valence-electron chi connectivity index (χ3n) is 3.78. The van der Waals surface area contributed by atoms with Crippen molar-refractivity contribution in [2.45, 2.75) is 18.6 Å². The molecule has 1 saturated heterocycles. The van der Waals surface area contributed by atoms with E-state index in [4.69, 9.17) is 27.9 Å². The highest BCUT2D eigenvalue weighted by Crippen LogP contribution is 2.43. The molecule has 0 bridgehead atoms. The average molecular weight is 328 g/mol. The summed E-state index contributed by atoms with van der Waals surface area (Å²) in [6, 6.07) is 5.38. The van der Waals surface area contributed by atoms with Crippen LogP contribution in [0.1, 0.15) is 12.0 Å². The molecule has 1 aromatic heterocycles. The summed E-state index contributed by atoms with van der Waals surface area (Å²) < 4.78 is 7.76. The normalized spacial score (nSPS) is 25.4. The number of aliphatic hydroxyl groups is 1. The molecule has 2 atom stereocenters. The number of halogens is 2. The Morgan fingerprint density at radius 2 is 2.29 bits per heavy atom. The van der Waals surface area contributed by atoms with Crippen LogP contribution in [0.2, 0.25) is 10.0 Å². The van der Waals surface area contributed by atoms with Crippen molar-refractivity contribution in [3.63, 3.8) is 0 Å². The Balaban J connectivity index is 1.99. The zero-order chi connectivity index (χ0) is 14.9. The fourth-order valence-electron chi connectivity index (χ4n) is 2.80. The van der Waals surface area contributed by atoms with E-state index in [1.807, 2.05) is 6.07 Å². The lowest BCUT2D eigenvalue weighted by Gasteiger charge is -2.30. The van der Waals surface area contributed by atoms with Crippen molar-refractivity contribution in [1.29, 1.82) is 0 Å². The molecule has 1 aromatic carbocycles. The van der Waals surface area contributed by atoms with Gasteiger partial charge in [0, 0.05) is 28.1 Å². The average Bonchev–Trinajstić information content (AvgIpc) is 3.09. The molecule has 0 spiro atoms. The summed E-state index contributed by atoms with van der Waals surface area (Å²) in [4.78, 5) is 3.96. The molecule has 0 amide bonds. The Morgan fingerprint density at radius 1 is 1.43 bits per heavy atom. The minimum Gasteiger partial charge on any atom is -0.396 e. The monoisotopic (exact) mass is 327 g/mol. The molecule has 0 radical (unpaired) electrons. The van der Waals surface area contributed by atoms with Crippen molar-refractivity contribution in [2.75, 3.05) is 13.2 Å². The van der Waals surface area contributed by atoms with Crippen LogP contribution in [0.15, 0.2) is 30.9 Å². The minimum absolute atomic E-state index is 0.0836. The third kappa shape index (κ3) is 2.92. The summed E-state index contributed by atoms with van der Waals surface area (Å²) in [6.45, 7) is 1.07. The van der Waals surface area contributed by atoms with Gasteiger partial charge in [-0.2, -0.15) is 5.10 Å². The topological polar surface area (TPSA) is 60.2 Å². The van der Waals surface area contributed by atoms with Gasteiger partial charge in [-0.15, -0.1) is 0 Å². The quantitative estimate of drug-likeness (QED) is 0.937. The van der Waals surface area contributed by atoms with Crippen molar-refractivity contribution in [1.82, 2.24) is 14.8 Å². The molecule has 7 heteroatoms. The van der Waals surface area contributed by atoms with Crippen molar-refractivity contribution in [3.05, 3.63) is 46.5 Å². The molecule has 2 heterocycles. The number of rotatable bonds is 4. The van der Waals surface area contributed by atoms with Crippen LogP contribution in [0.4, 0.5) is 0 Å². The highest BCUT2D eigenvalue weighted by Gasteiger charge is 2.43. The first-order valence-corrected chi connectivity index (χ1v) is 7.41. The number of aliphatic hydroxyl groups excluding tert-OH is 1. The highest BCUT2D eigenvalue weighted by atomic mass is 35.5. The summed E-state index contributed by atoms with van der Waals surface area (Å²) >= 11 is 12.3. The standard InChI is InChI=1S/C14H15Cl2N3O2/c15-11-1-2-12(13(16)3-11)14(4-10(5-20)6-21-14)7-19-9-17-8-18-19/h1-3,8-10,20H,4-7H2/t10-,14?/m1/s1. The third-order valence-corrected chi connectivity index (χ3v) is 4.33. The maximum Gasteiger partial charge on any atom is 0.137 e. The number of benzene rings is 1. The van der Waals surface area contributed by atoms with E-state index in [0.29, 0.717) is 29.6 Å². The lowest BCUT2D eigenvalue weighted by Crippen LogP contribution is -2.32. The van der Waals surface area contributed by atoms with Gasteiger partial charge in [-0.05, 0) is 18.6 Å². The molecule has 3 rings (SSSR count). The lowest BCUT2D eigenvalue weighted by molar-refractivity contribution is -0.0180. The predicted molar refractivity (Wildman–Crippen MR) is 79.3 cm³/mol. The zero-order valence-electron chi connectivity index (χ0n) is 11.2. The number of nitrogens with zero attached hydrogens (tertiary/aromatic N) is 3. The maximum atomic E-state index is 9.42. The van der Waals surface area contributed by atoms with E-state index in [1.165, 1.54) is 6.33 Å². The van der Waals surface area contributed by atoms with Crippen LogP contribution in [0, 0.1) is 5.92 Å². The van der Waals surface area contributed by atoms with Crippen molar-refractivity contribution in [3.8, 4) is 0 Å². The Labute approximate surface area is 132 Å². The molecule has 0 saturated carbocycles. The molecule has 1 aliphatic rings. The van der Waals surface area contributed by atoms with Crippen LogP contribution in [0.3, 0.4) is 0 Å². The SMILES string of the molecule is OC[C@@H]1COC(Cn2cncn2)(c2ccc(Cl)cc2Cl)C1. The Morgan fingerprint density at radius 3 is 2.90 bits per heavy atom. The van der Waals surface area contributed by atoms with Crippen molar-refractivity contribution in [2.24, 2.45) is 5.92 Å². The van der Waals surface area contributed by atoms with Gasteiger partial charge in [-0.25, -0.2) is 9.67 Å². The van der Waals surface area contributed by atoms with Gasteiger partial charge in [0.15, 0.2) is 0 Å². The second-order valence-electron chi connectivity index (χ2n) is 5.28. The first kappa shape index (κ1) is 14.8. The number of hydrogen-bond acceptors (Lipinski definition) is 4. The summed E-state index contributed by atoms with van der Waals surface area (Å²) in [6.07, 6.45) is 3.79. The maximum absolute atomic E-state index is 9.42. The number of hydrogen-bond donors (Lipinski definition) is 1. The van der Waals surface area contributed by atoms with Crippen LogP contribution in [0.25, 0.3) is 0 Å². The predicted octanol–water partition coefficient (Wildman–Crippen LogP) is 2.51. The van der Waals surface area contributed by atoms with E-state index in [-0.39, 0.29) is 12.5 Å². The first-order chi connectivity index (χ1) is 10.1. The number of aromatic nitrogens is 3. The van der Waals surface area contributed by atoms with Gasteiger partial charge < -0.3 is 9.84 Å². The summed E-state index contributed by atoms with van der Waals surface area (Å²) in [5.74, 6) is 0.0836. The summed E-state index contributed by atoms with van der Waals surface area (Å²) in [7, 11) is 0.